The third-order valence-corrected chi connectivity index (χ3v) is 3.34. The first kappa shape index (κ1) is 24.4. The molecule has 0 aromatic carbocycles. The Morgan fingerprint density at radius 2 is 1.87 bits per heavy atom. The van der Waals surface area contributed by atoms with Gasteiger partial charge in [0, 0.05) is 24.0 Å². The molecule has 0 saturated carbocycles. The van der Waals surface area contributed by atoms with Gasteiger partial charge in [0.05, 0.1) is 0 Å². The molecule has 2 rings (SSSR count). The number of carboxylic acids is 2. The van der Waals surface area contributed by atoms with Gasteiger partial charge in [0.1, 0.15) is 18.2 Å². The number of halogens is 3. The van der Waals surface area contributed by atoms with E-state index >= 15 is 0 Å². The molecule has 0 aliphatic heterocycles. The summed E-state index contributed by atoms with van der Waals surface area (Å²) in [7, 11) is 0. The molecule has 0 bridgehead atoms. The fraction of sp³-hybridized carbons (Fsp3) is 0.353. The van der Waals surface area contributed by atoms with E-state index in [1.54, 1.807) is 36.9 Å². The number of rotatable bonds is 7. The molecule has 0 aliphatic carbocycles. The molecule has 0 aliphatic rings. The van der Waals surface area contributed by atoms with E-state index in [-0.39, 0.29) is 6.54 Å². The van der Waals surface area contributed by atoms with Crippen LogP contribution in [-0.4, -0.2) is 50.2 Å². The van der Waals surface area contributed by atoms with Gasteiger partial charge in [0.15, 0.2) is 12.0 Å². The molecule has 0 fully saturated rings. The first-order chi connectivity index (χ1) is 14.0. The highest BCUT2D eigenvalue weighted by Gasteiger charge is 2.28. The number of aliphatic carboxylic acids is 2. The van der Waals surface area contributed by atoms with E-state index in [1.165, 1.54) is 4.68 Å². The van der Waals surface area contributed by atoms with Crippen LogP contribution in [0, 0.1) is 0 Å². The van der Waals surface area contributed by atoms with E-state index < -0.39 is 30.1 Å². The van der Waals surface area contributed by atoms with Crippen molar-refractivity contribution < 1.29 is 42.4 Å². The Bertz CT molecular complexity index is 847. The van der Waals surface area contributed by atoms with Crippen LogP contribution in [0.2, 0.25) is 0 Å². The van der Waals surface area contributed by atoms with Crippen LogP contribution in [0.3, 0.4) is 0 Å². The third kappa shape index (κ3) is 8.58. The molecule has 0 spiro atoms. The molecule has 10 nitrogen and oxygen atoms in total. The van der Waals surface area contributed by atoms with Gasteiger partial charge in [0.25, 0.3) is 12.5 Å². The number of hydrogen-bond acceptors (Lipinski definition) is 7. The van der Waals surface area contributed by atoms with Crippen LogP contribution in [0.5, 0.6) is 0 Å². The van der Waals surface area contributed by atoms with E-state index in [1.807, 2.05) is 6.92 Å². The number of aromatic nitrogens is 4. The second-order valence-electron chi connectivity index (χ2n) is 5.72. The number of carbonyl (C=O) groups excluding carboxylic acids is 2. The summed E-state index contributed by atoms with van der Waals surface area (Å²) in [4.78, 5) is 39.9. The minimum Gasteiger partial charge on any atom is -0.542 e. The molecule has 162 valence electrons. The molecule has 30 heavy (non-hydrogen) atoms. The van der Waals surface area contributed by atoms with Crippen molar-refractivity contribution in [2.45, 2.75) is 38.5 Å². The van der Waals surface area contributed by atoms with Crippen LogP contribution >= 0.6 is 0 Å². The monoisotopic (exact) mass is 429 g/mol. The van der Waals surface area contributed by atoms with Gasteiger partial charge in [0.2, 0.25) is 0 Å². The highest BCUT2D eigenvalue weighted by atomic mass is 19.4. The van der Waals surface area contributed by atoms with Crippen LogP contribution in [0.15, 0.2) is 36.9 Å². The summed E-state index contributed by atoms with van der Waals surface area (Å²) >= 11 is 0. The number of amides is 1. The highest BCUT2D eigenvalue weighted by molar-refractivity contribution is 5.82. The zero-order valence-corrected chi connectivity index (χ0v) is 15.7. The van der Waals surface area contributed by atoms with Gasteiger partial charge in [-0.1, -0.05) is 18.0 Å². The first-order valence-corrected chi connectivity index (χ1v) is 8.48. The van der Waals surface area contributed by atoms with Crippen LogP contribution < -0.4 is 15.1 Å². The van der Waals surface area contributed by atoms with Crippen LogP contribution in [-0.2, 0) is 20.9 Å². The second kappa shape index (κ2) is 11.4. The van der Waals surface area contributed by atoms with Crippen molar-refractivity contribution in [1.82, 2.24) is 20.4 Å². The zero-order chi connectivity index (χ0) is 22.7. The van der Waals surface area contributed by atoms with Crippen LogP contribution in [0.4, 0.5) is 13.2 Å². The lowest BCUT2D eigenvalue weighted by atomic mass is 10.1. The van der Waals surface area contributed by atoms with Crippen molar-refractivity contribution in [2.24, 2.45) is 0 Å². The van der Waals surface area contributed by atoms with Gasteiger partial charge >= 0.3 is 12.1 Å². The van der Waals surface area contributed by atoms with Crippen molar-refractivity contribution in [2.75, 3.05) is 0 Å². The smallest absolute Gasteiger partial charge is 0.430 e. The van der Waals surface area contributed by atoms with E-state index in [2.05, 4.69) is 20.4 Å². The van der Waals surface area contributed by atoms with E-state index in [4.69, 9.17) is 15.0 Å². The number of nitrogens with one attached hydrogen (secondary N) is 1. The van der Waals surface area contributed by atoms with Crippen molar-refractivity contribution in [3.63, 3.8) is 0 Å². The maximum absolute atomic E-state index is 11.9. The van der Waals surface area contributed by atoms with E-state index in [0.717, 1.165) is 5.56 Å². The number of carboxylic acid groups (broad SMARTS) is 2. The number of nitrogens with zero attached hydrogens (tertiary/aromatic N) is 4. The Morgan fingerprint density at radius 1 is 1.27 bits per heavy atom. The SMILES string of the molecule is CCCC(NC(=O)C[n+]1ccc(-c2ncccn2)cn1)C(=O)O.O=C([O-])C(F)(F)F. The lowest BCUT2D eigenvalue weighted by Gasteiger charge is -2.11. The summed E-state index contributed by atoms with van der Waals surface area (Å²) in [5.74, 6) is -3.89. The van der Waals surface area contributed by atoms with Crippen LogP contribution in [0.1, 0.15) is 19.8 Å². The normalized spacial score (nSPS) is 11.6. The average Bonchev–Trinajstić information content (AvgIpc) is 2.68. The summed E-state index contributed by atoms with van der Waals surface area (Å²) in [5.41, 5.74) is 0.733. The zero-order valence-electron chi connectivity index (χ0n) is 15.7. The largest absolute Gasteiger partial charge is 0.542 e. The fourth-order valence-corrected chi connectivity index (χ4v) is 1.99. The highest BCUT2D eigenvalue weighted by Crippen LogP contribution is 2.11. The Labute approximate surface area is 168 Å². The van der Waals surface area contributed by atoms with Crippen molar-refractivity contribution in [3.8, 4) is 11.4 Å². The van der Waals surface area contributed by atoms with Crippen molar-refractivity contribution >= 4 is 17.8 Å². The molecule has 2 N–H and O–H groups in total. The molecular formula is C17H18F3N5O5. The average molecular weight is 429 g/mol. The number of alkyl halides is 3. The molecule has 2 heterocycles. The van der Waals surface area contributed by atoms with Gasteiger partial charge in [-0.2, -0.15) is 13.2 Å². The lowest BCUT2D eigenvalue weighted by Crippen LogP contribution is -2.49. The van der Waals surface area contributed by atoms with Crippen molar-refractivity contribution in [1.29, 1.82) is 0 Å². The summed E-state index contributed by atoms with van der Waals surface area (Å²) in [5, 5.41) is 24.4. The quantitative estimate of drug-likeness (QED) is 0.559. The van der Waals surface area contributed by atoms with Gasteiger partial charge < -0.3 is 20.3 Å². The van der Waals surface area contributed by atoms with Gasteiger partial charge in [-0.3, -0.25) is 4.79 Å². The van der Waals surface area contributed by atoms with Gasteiger partial charge in [-0.05, 0) is 17.6 Å². The number of hydrogen-bond donors (Lipinski definition) is 2. The third-order valence-electron chi connectivity index (χ3n) is 3.34. The Balaban J connectivity index is 0.000000553. The molecule has 2 aromatic heterocycles. The van der Waals surface area contributed by atoms with E-state index in [0.29, 0.717) is 18.7 Å². The van der Waals surface area contributed by atoms with Gasteiger partial charge in [-0.15, -0.1) is 0 Å². The molecule has 2 aromatic rings. The standard InChI is InChI=1S/C15H17N5O3.C2HF3O2/c1-2-4-12(15(22)23)19-13(21)10-20-8-5-11(9-18-20)14-16-6-3-7-17-14;3-2(4,5)1(6)7/h3,5-9,12H,2,4,10H2,1H3,(H-,19,21,22,23);(H,6,7). The molecule has 0 saturated heterocycles. The maximum atomic E-state index is 11.9. The minimum absolute atomic E-state index is 0.0522. The maximum Gasteiger partial charge on any atom is 0.430 e. The van der Waals surface area contributed by atoms with E-state index in [9.17, 15) is 22.8 Å². The first-order valence-electron chi connectivity index (χ1n) is 8.48. The summed E-state index contributed by atoms with van der Waals surface area (Å²) in [6, 6.07) is 2.60. The minimum atomic E-state index is -5.19. The molecule has 0 radical (unpaired) electrons. The molecule has 1 unspecified atom stereocenters. The summed E-state index contributed by atoms with van der Waals surface area (Å²) in [6.07, 6.45) is 2.33. The topological polar surface area (TPSA) is 149 Å². The lowest BCUT2D eigenvalue weighted by molar-refractivity contribution is -0.742. The van der Waals surface area contributed by atoms with Gasteiger partial charge in [-0.25, -0.2) is 14.8 Å². The Morgan fingerprint density at radius 3 is 2.30 bits per heavy atom. The summed E-state index contributed by atoms with van der Waals surface area (Å²) < 4.78 is 33.0. The molecule has 1 amide bonds. The molecular weight excluding hydrogens is 411 g/mol. The summed E-state index contributed by atoms with van der Waals surface area (Å²) in [6.45, 7) is 1.81. The molecule has 13 heteroatoms. The van der Waals surface area contributed by atoms with Crippen LogP contribution in [0.25, 0.3) is 11.4 Å². The molecule has 1 atom stereocenters. The van der Waals surface area contributed by atoms with Crippen molar-refractivity contribution in [3.05, 3.63) is 36.9 Å². The predicted octanol–water partition coefficient (Wildman–Crippen LogP) is -0.506. The fourth-order valence-electron chi connectivity index (χ4n) is 1.99. The Hall–Kier alpha value is -3.64. The Kier molecular flexibility index (Phi) is 9.26. The predicted molar refractivity (Wildman–Crippen MR) is 91.0 cm³/mol. The second-order valence-corrected chi connectivity index (χ2v) is 5.72. The number of carbonyl (C=O) groups is 3.